The van der Waals surface area contributed by atoms with Crippen LogP contribution in [0.2, 0.25) is 0 Å². The molecule has 0 aliphatic heterocycles. The Labute approximate surface area is 141 Å². The van der Waals surface area contributed by atoms with Gasteiger partial charge >= 0.3 is 0 Å². The van der Waals surface area contributed by atoms with Crippen LogP contribution in [0.15, 0.2) is 77.7 Å². The number of rotatable bonds is 1. The highest BCUT2D eigenvalue weighted by atomic mass is 32.2. The molecule has 0 heterocycles. The molecule has 1 aliphatic rings. The van der Waals surface area contributed by atoms with Gasteiger partial charge in [-0.05, 0) is 52.9 Å². The van der Waals surface area contributed by atoms with Gasteiger partial charge in [0.1, 0.15) is 15.8 Å². The predicted molar refractivity (Wildman–Crippen MR) is 91.6 cm³/mol. The van der Waals surface area contributed by atoms with E-state index in [9.17, 15) is 13.0 Å². The van der Waals surface area contributed by atoms with E-state index in [1.54, 1.807) is 6.07 Å². The zero-order valence-corrected chi connectivity index (χ0v) is 13.8. The minimum Gasteiger partial charge on any atom is -0.744 e. The molecule has 0 aromatic heterocycles. The van der Waals surface area contributed by atoms with Crippen LogP contribution < -0.4 is 5.73 Å². The summed E-state index contributed by atoms with van der Waals surface area (Å²) in [5.41, 5.74) is 10.7. The lowest BCUT2D eigenvalue weighted by Gasteiger charge is -2.04. The maximum atomic E-state index is 10.3. The Morgan fingerprint density at radius 3 is 2.08 bits per heavy atom. The van der Waals surface area contributed by atoms with E-state index in [1.165, 1.54) is 46.5 Å². The van der Waals surface area contributed by atoms with E-state index in [4.69, 9.17) is 0 Å². The minimum absolute atomic E-state index is 0.185. The van der Waals surface area contributed by atoms with Crippen molar-refractivity contribution in [3.8, 4) is 11.1 Å². The van der Waals surface area contributed by atoms with E-state index in [2.05, 4.69) is 48.2 Å². The molecule has 3 N–H and O–H groups in total. The molecule has 24 heavy (non-hydrogen) atoms. The van der Waals surface area contributed by atoms with Crippen molar-refractivity contribution in [2.24, 2.45) is 0 Å². The fraction of sp³-hybridized carbons (Fsp3) is 0.0526. The van der Waals surface area contributed by atoms with Crippen LogP contribution in [0.3, 0.4) is 0 Å². The van der Waals surface area contributed by atoms with Crippen molar-refractivity contribution in [2.45, 2.75) is 11.3 Å². The average molecular weight is 339 g/mol. The topological polar surface area (TPSA) is 84.8 Å². The third-order valence-electron chi connectivity index (χ3n) is 3.89. The van der Waals surface area contributed by atoms with Crippen molar-refractivity contribution >= 4 is 15.8 Å². The Morgan fingerprint density at radius 2 is 1.42 bits per heavy atom. The van der Waals surface area contributed by atoms with Gasteiger partial charge in [-0.2, -0.15) is 0 Å². The van der Waals surface area contributed by atoms with E-state index in [1.807, 2.05) is 0 Å². The molecule has 3 aromatic carbocycles. The van der Waals surface area contributed by atoms with Gasteiger partial charge in [0.15, 0.2) is 0 Å². The third kappa shape index (κ3) is 3.54. The molecule has 4 rings (SSSR count). The zero-order valence-electron chi connectivity index (χ0n) is 13.0. The molecule has 0 fully saturated rings. The summed E-state index contributed by atoms with van der Waals surface area (Å²) in [6.45, 7) is 0. The molecule has 0 spiro atoms. The number of hydrogen-bond donors (Lipinski definition) is 1. The summed E-state index contributed by atoms with van der Waals surface area (Å²) in [5, 5.41) is 0. The quantitative estimate of drug-likeness (QED) is 0.541. The molecule has 3 aromatic rings. The molecule has 1 aliphatic carbocycles. The monoisotopic (exact) mass is 339 g/mol. The summed E-state index contributed by atoms with van der Waals surface area (Å²) < 4.78 is 30.8. The van der Waals surface area contributed by atoms with Gasteiger partial charge in [0.25, 0.3) is 0 Å². The van der Waals surface area contributed by atoms with Gasteiger partial charge in [0, 0.05) is 6.07 Å². The first kappa shape index (κ1) is 16.4. The number of benzene rings is 3. The Hall–Kier alpha value is -2.47. The van der Waals surface area contributed by atoms with E-state index in [0.29, 0.717) is 0 Å². The third-order valence-corrected chi connectivity index (χ3v) is 4.74. The predicted octanol–water partition coefficient (Wildman–Crippen LogP) is 2.72. The normalized spacial score (nSPS) is 11.9. The van der Waals surface area contributed by atoms with Crippen molar-refractivity contribution in [1.29, 1.82) is 0 Å². The highest BCUT2D eigenvalue weighted by molar-refractivity contribution is 7.85. The first-order valence-electron chi connectivity index (χ1n) is 7.49. The van der Waals surface area contributed by atoms with Crippen molar-refractivity contribution in [3.05, 3.63) is 83.9 Å². The lowest BCUT2D eigenvalue weighted by Crippen LogP contribution is -2.40. The summed E-state index contributed by atoms with van der Waals surface area (Å²) in [7, 11) is -4.25. The van der Waals surface area contributed by atoms with E-state index in [0.717, 1.165) is 12.1 Å². The highest BCUT2D eigenvalue weighted by Gasteiger charge is 2.17. The van der Waals surface area contributed by atoms with E-state index in [-0.39, 0.29) is 4.90 Å². The van der Waals surface area contributed by atoms with Gasteiger partial charge in [-0.15, -0.1) is 0 Å². The number of quaternary nitrogens is 1. The first-order chi connectivity index (χ1) is 11.4. The van der Waals surface area contributed by atoms with Crippen LogP contribution in [0.5, 0.6) is 0 Å². The molecule has 0 radical (unpaired) electrons. The van der Waals surface area contributed by atoms with Gasteiger partial charge in [0.05, 0.1) is 4.90 Å². The van der Waals surface area contributed by atoms with E-state index < -0.39 is 10.1 Å². The maximum absolute atomic E-state index is 10.3. The van der Waals surface area contributed by atoms with Crippen LogP contribution in [-0.4, -0.2) is 13.0 Å². The summed E-state index contributed by atoms with van der Waals surface area (Å²) in [5.74, 6) is 0. The molecule has 0 bridgehead atoms. The lowest BCUT2D eigenvalue weighted by molar-refractivity contribution is -0.254. The van der Waals surface area contributed by atoms with Gasteiger partial charge < -0.3 is 10.3 Å². The molecule has 0 amide bonds. The van der Waals surface area contributed by atoms with Gasteiger partial charge in [-0.1, -0.05) is 42.5 Å². The Kier molecular flexibility index (Phi) is 4.49. The Morgan fingerprint density at radius 1 is 0.792 bits per heavy atom. The molecule has 122 valence electrons. The van der Waals surface area contributed by atoms with Crippen LogP contribution in [0.25, 0.3) is 11.1 Å². The molecule has 0 saturated carbocycles. The molecular formula is C19H17NO3S. The smallest absolute Gasteiger partial charge is 0.128 e. The van der Waals surface area contributed by atoms with Crippen molar-refractivity contribution in [2.75, 3.05) is 0 Å². The maximum Gasteiger partial charge on any atom is 0.128 e. The summed E-state index contributed by atoms with van der Waals surface area (Å²) in [4.78, 5) is -0.185. The zero-order chi connectivity index (χ0) is 17.2. The fourth-order valence-corrected chi connectivity index (χ4v) is 3.28. The van der Waals surface area contributed by atoms with Crippen molar-refractivity contribution < 1.29 is 18.7 Å². The molecule has 4 nitrogen and oxygen atoms in total. The fourth-order valence-electron chi connectivity index (χ4n) is 2.79. The van der Waals surface area contributed by atoms with Gasteiger partial charge in [-0.3, -0.25) is 0 Å². The van der Waals surface area contributed by atoms with Crippen molar-refractivity contribution in [1.82, 2.24) is 0 Å². The molecule has 0 atom stereocenters. The molecular weight excluding hydrogens is 322 g/mol. The average Bonchev–Trinajstić information content (AvgIpc) is 2.93. The molecule has 0 saturated heterocycles. The van der Waals surface area contributed by atoms with Crippen LogP contribution >= 0.6 is 0 Å². The second-order valence-corrected chi connectivity index (χ2v) is 6.97. The Bertz CT molecular complexity index is 967. The number of hydrogen-bond acceptors (Lipinski definition) is 3. The summed E-state index contributed by atoms with van der Waals surface area (Å²) in [6, 6.07) is 22.3. The second kappa shape index (κ2) is 6.57. The molecule has 5 heteroatoms. The molecule has 0 unspecified atom stereocenters. The second-order valence-electron chi connectivity index (χ2n) is 5.59. The number of fused-ring (bicyclic) bond motifs is 3. The standard InChI is InChI=1S/C13H11N.C6H6O3S/c14-11-5-6-13-10(8-11)7-9-3-1-2-4-12(9)13;7-10(8,9)6-4-2-1-3-5-6/h1-6,8H,7,14H2;1-5H,(H,7,8,9). The van der Waals surface area contributed by atoms with Crippen LogP contribution in [-0.2, 0) is 16.5 Å². The van der Waals surface area contributed by atoms with Gasteiger partial charge in [0.2, 0.25) is 0 Å². The first-order valence-corrected chi connectivity index (χ1v) is 8.90. The van der Waals surface area contributed by atoms with Gasteiger partial charge in [-0.25, -0.2) is 8.42 Å². The summed E-state index contributed by atoms with van der Waals surface area (Å²) >= 11 is 0. The van der Waals surface area contributed by atoms with Crippen LogP contribution in [0.4, 0.5) is 5.69 Å². The van der Waals surface area contributed by atoms with Crippen molar-refractivity contribution in [3.63, 3.8) is 0 Å². The van der Waals surface area contributed by atoms with E-state index >= 15 is 0 Å². The highest BCUT2D eigenvalue weighted by Crippen LogP contribution is 2.36. The lowest BCUT2D eigenvalue weighted by atomic mass is 10.1. The van der Waals surface area contributed by atoms with Crippen LogP contribution in [0.1, 0.15) is 11.1 Å². The Balaban J connectivity index is 0.000000150. The largest absolute Gasteiger partial charge is 0.744 e. The summed E-state index contributed by atoms with van der Waals surface area (Å²) in [6.07, 6.45) is 1.06. The van der Waals surface area contributed by atoms with Crippen LogP contribution in [0, 0.1) is 0 Å². The minimum atomic E-state index is -4.25. The SMILES string of the molecule is O=S(=O)([O-])c1ccccc1.[NH3+]c1ccc2c(c1)Cc1ccccc1-2.